The smallest absolute Gasteiger partial charge is 0.256 e. The van der Waals surface area contributed by atoms with E-state index in [1.54, 1.807) is 19.1 Å². The van der Waals surface area contributed by atoms with Crippen LogP contribution in [0.4, 0.5) is 11.5 Å². The van der Waals surface area contributed by atoms with Crippen LogP contribution in [0.25, 0.3) is 10.9 Å². The number of fused-ring (bicyclic) bond motifs is 1. The Kier molecular flexibility index (Phi) is 5.09. The first-order chi connectivity index (χ1) is 12.6. The summed E-state index contributed by atoms with van der Waals surface area (Å²) in [5.74, 6) is 6.56. The average molecular weight is 348 g/mol. The fourth-order valence-corrected chi connectivity index (χ4v) is 2.46. The molecule has 0 aliphatic rings. The summed E-state index contributed by atoms with van der Waals surface area (Å²) in [7, 11) is 3.91. The van der Waals surface area contributed by atoms with E-state index in [0.29, 0.717) is 23.7 Å². The number of amides is 1. The molecule has 0 aliphatic heterocycles. The normalized spacial score (nSPS) is 10.1. The molecule has 0 radical (unpaired) electrons. The molecule has 0 unspecified atom stereocenters. The Balaban J connectivity index is 1.79. The van der Waals surface area contributed by atoms with Crippen molar-refractivity contribution in [2.24, 2.45) is 0 Å². The van der Waals surface area contributed by atoms with Gasteiger partial charge in [-0.15, -0.1) is 5.92 Å². The van der Waals surface area contributed by atoms with Gasteiger partial charge in [-0.05, 0) is 49.4 Å². The first-order valence-corrected chi connectivity index (χ1v) is 8.18. The SMILES string of the molecule is CC#CCOc1ccc2[nH]nc(NC(=O)c3ccc(N(C)C)cc3)c2c1. The molecule has 2 aromatic carbocycles. The number of carbonyl (C=O) groups is 1. The summed E-state index contributed by atoms with van der Waals surface area (Å²) in [6.45, 7) is 2.08. The van der Waals surface area contributed by atoms with Gasteiger partial charge in [-0.1, -0.05) is 5.92 Å². The van der Waals surface area contributed by atoms with Gasteiger partial charge in [0.05, 0.1) is 5.52 Å². The first kappa shape index (κ1) is 17.4. The van der Waals surface area contributed by atoms with Crippen LogP contribution in [0.3, 0.4) is 0 Å². The standard InChI is InChI=1S/C20H20N4O2/c1-4-5-12-26-16-10-11-18-17(13-16)19(23-22-18)21-20(25)14-6-8-15(9-7-14)24(2)3/h6-11,13H,12H2,1-3H3,(H2,21,22,23,25). The molecule has 132 valence electrons. The maximum Gasteiger partial charge on any atom is 0.256 e. The third kappa shape index (κ3) is 3.78. The maximum atomic E-state index is 12.5. The lowest BCUT2D eigenvalue weighted by Gasteiger charge is -2.12. The third-order valence-corrected chi connectivity index (χ3v) is 3.90. The van der Waals surface area contributed by atoms with Gasteiger partial charge in [0, 0.05) is 30.7 Å². The summed E-state index contributed by atoms with van der Waals surface area (Å²) < 4.78 is 5.57. The molecule has 2 N–H and O–H groups in total. The zero-order chi connectivity index (χ0) is 18.5. The monoisotopic (exact) mass is 348 g/mol. The number of nitrogens with zero attached hydrogens (tertiary/aromatic N) is 2. The van der Waals surface area contributed by atoms with E-state index >= 15 is 0 Å². The minimum atomic E-state index is -0.216. The molecule has 26 heavy (non-hydrogen) atoms. The van der Waals surface area contributed by atoms with Crippen molar-refractivity contribution < 1.29 is 9.53 Å². The Labute approximate surface area is 152 Å². The number of hydrogen-bond donors (Lipinski definition) is 2. The van der Waals surface area contributed by atoms with E-state index in [9.17, 15) is 4.79 Å². The Morgan fingerprint density at radius 3 is 2.69 bits per heavy atom. The number of anilines is 2. The van der Waals surface area contributed by atoms with E-state index in [2.05, 4.69) is 27.4 Å². The van der Waals surface area contributed by atoms with Gasteiger partial charge in [0.15, 0.2) is 5.82 Å². The van der Waals surface area contributed by atoms with E-state index in [0.717, 1.165) is 16.6 Å². The van der Waals surface area contributed by atoms with Crippen LogP contribution < -0.4 is 15.0 Å². The van der Waals surface area contributed by atoms with Crippen LogP contribution in [-0.4, -0.2) is 36.8 Å². The van der Waals surface area contributed by atoms with Gasteiger partial charge in [0.1, 0.15) is 12.4 Å². The number of ether oxygens (including phenoxy) is 1. The van der Waals surface area contributed by atoms with Crippen LogP contribution in [0.5, 0.6) is 5.75 Å². The number of benzene rings is 2. The number of H-pyrrole nitrogens is 1. The molecule has 1 amide bonds. The Bertz CT molecular complexity index is 978. The highest BCUT2D eigenvalue weighted by atomic mass is 16.5. The Morgan fingerprint density at radius 2 is 2.00 bits per heavy atom. The van der Waals surface area contributed by atoms with Crippen LogP contribution in [0, 0.1) is 11.8 Å². The van der Waals surface area contributed by atoms with Crippen molar-refractivity contribution in [1.29, 1.82) is 0 Å². The zero-order valence-corrected chi connectivity index (χ0v) is 15.0. The highest BCUT2D eigenvalue weighted by molar-refractivity contribution is 6.08. The second-order valence-electron chi connectivity index (χ2n) is 5.89. The molecule has 0 spiro atoms. The van der Waals surface area contributed by atoms with Crippen molar-refractivity contribution in [2.45, 2.75) is 6.92 Å². The predicted molar refractivity (Wildman–Crippen MR) is 104 cm³/mol. The minimum absolute atomic E-state index is 0.216. The van der Waals surface area contributed by atoms with Crippen LogP contribution in [0.2, 0.25) is 0 Å². The fraction of sp³-hybridized carbons (Fsp3) is 0.200. The molecule has 0 aliphatic carbocycles. The predicted octanol–water partition coefficient (Wildman–Crippen LogP) is 3.28. The van der Waals surface area contributed by atoms with Gasteiger partial charge in [0.2, 0.25) is 0 Å². The molecule has 6 nitrogen and oxygen atoms in total. The zero-order valence-electron chi connectivity index (χ0n) is 15.0. The van der Waals surface area contributed by atoms with E-state index in [-0.39, 0.29) is 5.91 Å². The number of nitrogens with one attached hydrogen (secondary N) is 2. The van der Waals surface area contributed by atoms with Crippen LogP contribution in [0.15, 0.2) is 42.5 Å². The summed E-state index contributed by atoms with van der Waals surface area (Å²) in [6, 6.07) is 12.9. The minimum Gasteiger partial charge on any atom is -0.481 e. The van der Waals surface area contributed by atoms with Crippen LogP contribution >= 0.6 is 0 Å². The molecule has 0 fully saturated rings. The first-order valence-electron chi connectivity index (χ1n) is 8.18. The van der Waals surface area contributed by atoms with Gasteiger partial charge in [-0.2, -0.15) is 5.10 Å². The van der Waals surface area contributed by atoms with Crippen molar-refractivity contribution in [1.82, 2.24) is 10.2 Å². The van der Waals surface area contributed by atoms with Gasteiger partial charge in [-0.25, -0.2) is 0 Å². The highest BCUT2D eigenvalue weighted by Crippen LogP contribution is 2.26. The lowest BCUT2D eigenvalue weighted by Crippen LogP contribution is -2.13. The summed E-state index contributed by atoms with van der Waals surface area (Å²) in [5, 5.41) is 10.7. The summed E-state index contributed by atoms with van der Waals surface area (Å²) in [4.78, 5) is 14.5. The molecule has 0 saturated carbocycles. The molecule has 0 bridgehead atoms. The molecule has 3 rings (SSSR count). The molecule has 1 heterocycles. The molecule has 0 saturated heterocycles. The topological polar surface area (TPSA) is 70.2 Å². The van der Waals surface area contributed by atoms with Crippen molar-refractivity contribution in [2.75, 3.05) is 30.9 Å². The third-order valence-electron chi connectivity index (χ3n) is 3.90. The summed E-state index contributed by atoms with van der Waals surface area (Å²) in [6.07, 6.45) is 0. The number of aromatic amines is 1. The lowest BCUT2D eigenvalue weighted by molar-refractivity contribution is 0.102. The van der Waals surface area contributed by atoms with Crippen LogP contribution in [-0.2, 0) is 0 Å². The molecular formula is C20H20N4O2. The van der Waals surface area contributed by atoms with E-state index in [1.807, 2.05) is 49.3 Å². The van der Waals surface area contributed by atoms with Gasteiger partial charge < -0.3 is 15.0 Å². The molecule has 6 heteroatoms. The van der Waals surface area contributed by atoms with Gasteiger partial charge in [-0.3, -0.25) is 9.89 Å². The molecule has 1 aromatic heterocycles. The molecule has 3 aromatic rings. The van der Waals surface area contributed by atoms with Crippen LogP contribution in [0.1, 0.15) is 17.3 Å². The number of rotatable bonds is 5. The van der Waals surface area contributed by atoms with E-state index in [1.165, 1.54) is 0 Å². The second kappa shape index (κ2) is 7.62. The van der Waals surface area contributed by atoms with Gasteiger partial charge >= 0.3 is 0 Å². The quantitative estimate of drug-likeness (QED) is 0.694. The van der Waals surface area contributed by atoms with Gasteiger partial charge in [0.25, 0.3) is 5.91 Å². The number of aromatic nitrogens is 2. The second-order valence-corrected chi connectivity index (χ2v) is 5.89. The van der Waals surface area contributed by atoms with E-state index < -0.39 is 0 Å². The Morgan fingerprint density at radius 1 is 1.23 bits per heavy atom. The summed E-state index contributed by atoms with van der Waals surface area (Å²) in [5.41, 5.74) is 2.42. The molecular weight excluding hydrogens is 328 g/mol. The van der Waals surface area contributed by atoms with E-state index in [4.69, 9.17) is 4.74 Å². The van der Waals surface area contributed by atoms with Crippen molar-refractivity contribution in [3.8, 4) is 17.6 Å². The van der Waals surface area contributed by atoms with Crippen molar-refractivity contribution in [3.05, 3.63) is 48.0 Å². The lowest BCUT2D eigenvalue weighted by atomic mass is 10.2. The number of carbonyl (C=O) groups excluding carboxylic acids is 1. The van der Waals surface area contributed by atoms with Crippen molar-refractivity contribution >= 4 is 28.3 Å². The average Bonchev–Trinajstić information content (AvgIpc) is 3.04. The number of hydrogen-bond acceptors (Lipinski definition) is 4. The fourth-order valence-electron chi connectivity index (χ4n) is 2.46. The Hall–Kier alpha value is -3.46. The van der Waals surface area contributed by atoms with Crippen molar-refractivity contribution in [3.63, 3.8) is 0 Å². The largest absolute Gasteiger partial charge is 0.481 e. The highest BCUT2D eigenvalue weighted by Gasteiger charge is 2.12. The molecule has 0 atom stereocenters. The maximum absolute atomic E-state index is 12.5. The summed E-state index contributed by atoms with van der Waals surface area (Å²) >= 11 is 0.